The summed E-state index contributed by atoms with van der Waals surface area (Å²) in [5.74, 6) is 0. The van der Waals surface area contributed by atoms with E-state index in [1.165, 1.54) is 17.5 Å². The molecule has 1 heterocycles. The average Bonchev–Trinajstić information content (AvgIpc) is 2.58. The highest BCUT2D eigenvalue weighted by atomic mass is 16.3. The van der Waals surface area contributed by atoms with Crippen LogP contribution in [0.2, 0.25) is 0 Å². The van der Waals surface area contributed by atoms with Crippen molar-refractivity contribution < 1.29 is 9.90 Å². The van der Waals surface area contributed by atoms with E-state index in [2.05, 4.69) is 36.5 Å². The smallest absolute Gasteiger partial charge is 0.318 e. The summed E-state index contributed by atoms with van der Waals surface area (Å²) in [6.45, 7) is 2.92. The minimum atomic E-state index is -0.182. The third kappa shape index (κ3) is 4.05. The van der Waals surface area contributed by atoms with E-state index >= 15 is 0 Å². The lowest BCUT2D eigenvalue weighted by molar-refractivity contribution is 0.110. The lowest BCUT2D eigenvalue weighted by atomic mass is 9.93. The summed E-state index contributed by atoms with van der Waals surface area (Å²) in [5.41, 5.74) is 2.49. The van der Waals surface area contributed by atoms with Gasteiger partial charge in [-0.25, -0.2) is 4.79 Å². The van der Waals surface area contributed by atoms with Crippen LogP contribution in [0.15, 0.2) is 24.3 Å². The van der Waals surface area contributed by atoms with E-state index in [1.54, 1.807) is 0 Å². The first-order valence-corrected chi connectivity index (χ1v) is 8.95. The highest BCUT2D eigenvalue weighted by Gasteiger charge is 2.30. The van der Waals surface area contributed by atoms with E-state index in [4.69, 9.17) is 0 Å². The van der Waals surface area contributed by atoms with Gasteiger partial charge in [-0.1, -0.05) is 29.8 Å². The van der Waals surface area contributed by atoms with E-state index < -0.39 is 0 Å². The summed E-state index contributed by atoms with van der Waals surface area (Å²) in [5, 5.41) is 12.8. The normalized spacial score (nSPS) is 28.4. The molecule has 4 heteroatoms. The number of piperidine rings is 1. The summed E-state index contributed by atoms with van der Waals surface area (Å²) in [7, 11) is 0. The highest BCUT2D eigenvalue weighted by Crippen LogP contribution is 2.31. The zero-order chi connectivity index (χ0) is 16.2. The number of aliphatic hydroxyl groups excluding tert-OH is 1. The number of urea groups is 1. The first-order valence-electron chi connectivity index (χ1n) is 8.95. The predicted octanol–water partition coefficient (Wildman–Crippen LogP) is 3.54. The van der Waals surface area contributed by atoms with Crippen LogP contribution in [-0.2, 0) is 0 Å². The Hall–Kier alpha value is -1.55. The Labute approximate surface area is 138 Å². The van der Waals surface area contributed by atoms with Gasteiger partial charge in [0, 0.05) is 12.6 Å². The molecular weight excluding hydrogens is 288 g/mol. The standard InChI is InChI=1S/C19H28N2O2/c1-14-5-7-15(8-6-14)18-4-2-3-13-21(18)19(23)20-16-9-11-17(22)12-10-16/h5-8,16-18,22H,2-4,9-13H2,1H3,(H,20,23)/t16?,17?,18-/m0/s1. The van der Waals surface area contributed by atoms with Gasteiger partial charge in [-0.05, 0) is 57.4 Å². The van der Waals surface area contributed by atoms with E-state index in [1.807, 2.05) is 4.90 Å². The van der Waals surface area contributed by atoms with Crippen LogP contribution in [-0.4, -0.2) is 34.7 Å². The Balaban J connectivity index is 1.65. The Morgan fingerprint density at radius 2 is 1.78 bits per heavy atom. The minimum Gasteiger partial charge on any atom is -0.393 e. The number of carbonyl (C=O) groups is 1. The number of nitrogens with zero attached hydrogens (tertiary/aromatic N) is 1. The molecule has 23 heavy (non-hydrogen) atoms. The van der Waals surface area contributed by atoms with Crippen LogP contribution >= 0.6 is 0 Å². The lowest BCUT2D eigenvalue weighted by Gasteiger charge is -2.38. The van der Waals surface area contributed by atoms with Crippen molar-refractivity contribution >= 4 is 6.03 Å². The van der Waals surface area contributed by atoms with Crippen molar-refractivity contribution in [2.24, 2.45) is 0 Å². The van der Waals surface area contributed by atoms with Crippen LogP contribution in [0.4, 0.5) is 4.79 Å². The average molecular weight is 316 g/mol. The number of nitrogens with one attached hydrogen (secondary N) is 1. The zero-order valence-corrected chi connectivity index (χ0v) is 14.0. The molecule has 1 saturated heterocycles. The van der Waals surface area contributed by atoms with Gasteiger partial charge in [-0.3, -0.25) is 0 Å². The number of rotatable bonds is 2. The topological polar surface area (TPSA) is 52.6 Å². The maximum absolute atomic E-state index is 12.8. The fraction of sp³-hybridized carbons (Fsp3) is 0.632. The van der Waals surface area contributed by atoms with Crippen LogP contribution in [0, 0.1) is 6.92 Å². The molecule has 3 rings (SSSR count). The number of aliphatic hydroxyl groups is 1. The largest absolute Gasteiger partial charge is 0.393 e. The number of amides is 2. The molecule has 4 nitrogen and oxygen atoms in total. The van der Waals surface area contributed by atoms with Crippen molar-refractivity contribution in [1.29, 1.82) is 0 Å². The second kappa shape index (κ2) is 7.35. The summed E-state index contributed by atoms with van der Waals surface area (Å²) in [6, 6.07) is 9.04. The van der Waals surface area contributed by atoms with E-state index in [0.717, 1.165) is 45.1 Å². The van der Waals surface area contributed by atoms with E-state index in [9.17, 15) is 9.90 Å². The number of carbonyl (C=O) groups excluding carboxylic acids is 1. The van der Waals surface area contributed by atoms with Gasteiger partial charge in [0.15, 0.2) is 0 Å². The van der Waals surface area contributed by atoms with Crippen LogP contribution in [0.5, 0.6) is 0 Å². The third-order valence-electron chi connectivity index (χ3n) is 5.25. The molecule has 0 radical (unpaired) electrons. The van der Waals surface area contributed by atoms with Crippen LogP contribution < -0.4 is 5.32 Å². The Bertz CT molecular complexity index is 521. The molecule has 2 aliphatic rings. The summed E-state index contributed by atoms with van der Waals surface area (Å²) in [6.07, 6.45) is 6.49. The van der Waals surface area contributed by atoms with Crippen molar-refractivity contribution in [3.05, 3.63) is 35.4 Å². The summed E-state index contributed by atoms with van der Waals surface area (Å²) >= 11 is 0. The number of benzene rings is 1. The van der Waals surface area contributed by atoms with E-state index in [0.29, 0.717) is 0 Å². The molecule has 1 atom stereocenters. The lowest BCUT2D eigenvalue weighted by Crippen LogP contribution is -2.49. The molecule has 0 bridgehead atoms. The maximum atomic E-state index is 12.8. The minimum absolute atomic E-state index is 0.0664. The van der Waals surface area contributed by atoms with Gasteiger partial charge in [-0.15, -0.1) is 0 Å². The van der Waals surface area contributed by atoms with Gasteiger partial charge < -0.3 is 15.3 Å². The maximum Gasteiger partial charge on any atom is 0.318 e. The quantitative estimate of drug-likeness (QED) is 0.877. The zero-order valence-electron chi connectivity index (χ0n) is 14.0. The third-order valence-corrected chi connectivity index (χ3v) is 5.25. The summed E-state index contributed by atoms with van der Waals surface area (Å²) < 4.78 is 0. The van der Waals surface area contributed by atoms with Gasteiger partial charge in [0.1, 0.15) is 0 Å². The Kier molecular flexibility index (Phi) is 5.21. The molecule has 2 amide bonds. The molecule has 2 fully saturated rings. The Morgan fingerprint density at radius 3 is 2.48 bits per heavy atom. The molecule has 1 saturated carbocycles. The van der Waals surface area contributed by atoms with Crippen molar-refractivity contribution in [1.82, 2.24) is 10.2 Å². The molecule has 0 unspecified atom stereocenters. The fourth-order valence-electron chi connectivity index (χ4n) is 3.79. The second-order valence-electron chi connectivity index (χ2n) is 7.07. The second-order valence-corrected chi connectivity index (χ2v) is 7.07. The van der Waals surface area contributed by atoms with Gasteiger partial charge in [-0.2, -0.15) is 0 Å². The fourth-order valence-corrected chi connectivity index (χ4v) is 3.79. The molecule has 1 aliphatic heterocycles. The van der Waals surface area contributed by atoms with Crippen molar-refractivity contribution in [3.63, 3.8) is 0 Å². The molecule has 1 aromatic rings. The molecule has 2 N–H and O–H groups in total. The number of hydrogen-bond donors (Lipinski definition) is 2. The van der Waals surface area contributed by atoms with Crippen molar-refractivity contribution in [2.75, 3.05) is 6.54 Å². The molecule has 1 aliphatic carbocycles. The Morgan fingerprint density at radius 1 is 1.09 bits per heavy atom. The van der Waals surface area contributed by atoms with Crippen LogP contribution in [0.25, 0.3) is 0 Å². The van der Waals surface area contributed by atoms with Crippen LogP contribution in [0.1, 0.15) is 62.1 Å². The van der Waals surface area contributed by atoms with Gasteiger partial charge in [0.05, 0.1) is 12.1 Å². The van der Waals surface area contributed by atoms with Crippen molar-refractivity contribution in [3.8, 4) is 0 Å². The first kappa shape index (κ1) is 16.3. The molecule has 1 aromatic carbocycles. The number of likely N-dealkylation sites (tertiary alicyclic amines) is 1. The number of hydrogen-bond acceptors (Lipinski definition) is 2. The molecular formula is C19H28N2O2. The SMILES string of the molecule is Cc1ccc([C@@H]2CCCCN2C(=O)NC2CCC(O)CC2)cc1. The molecule has 0 aromatic heterocycles. The first-order chi connectivity index (χ1) is 11.1. The van der Waals surface area contributed by atoms with Crippen LogP contribution in [0.3, 0.4) is 0 Å². The highest BCUT2D eigenvalue weighted by molar-refractivity contribution is 5.75. The van der Waals surface area contributed by atoms with Gasteiger partial charge >= 0.3 is 6.03 Å². The van der Waals surface area contributed by atoms with Crippen molar-refractivity contribution in [2.45, 2.75) is 70.1 Å². The van der Waals surface area contributed by atoms with E-state index in [-0.39, 0.29) is 24.2 Å². The predicted molar refractivity (Wildman–Crippen MR) is 91.3 cm³/mol. The van der Waals surface area contributed by atoms with Gasteiger partial charge in [0.25, 0.3) is 0 Å². The number of aryl methyl sites for hydroxylation is 1. The van der Waals surface area contributed by atoms with Gasteiger partial charge in [0.2, 0.25) is 0 Å². The summed E-state index contributed by atoms with van der Waals surface area (Å²) in [4.78, 5) is 14.8. The monoisotopic (exact) mass is 316 g/mol. The molecule has 0 spiro atoms. The molecule has 126 valence electrons.